The molecule has 168 valence electrons. The monoisotopic (exact) mass is 449 g/mol. The molecule has 0 radical (unpaired) electrons. The predicted molar refractivity (Wildman–Crippen MR) is 119 cm³/mol. The van der Waals surface area contributed by atoms with Gasteiger partial charge in [-0.05, 0) is 26.3 Å². The lowest BCUT2D eigenvalue weighted by atomic mass is 9.75. The molecule has 0 bridgehead atoms. The van der Waals surface area contributed by atoms with E-state index in [2.05, 4.69) is 4.99 Å². The first-order valence-electron chi connectivity index (χ1n) is 9.82. The van der Waals surface area contributed by atoms with Crippen LogP contribution in [0.2, 0.25) is 0 Å². The third-order valence-electron chi connectivity index (χ3n) is 4.73. The Morgan fingerprint density at radius 3 is 2.68 bits per heavy atom. The molecule has 1 aliphatic rings. The van der Waals surface area contributed by atoms with E-state index in [0.717, 1.165) is 0 Å². The van der Waals surface area contributed by atoms with Crippen molar-refractivity contribution in [3.05, 3.63) is 51.2 Å². The van der Waals surface area contributed by atoms with Crippen molar-refractivity contribution in [1.82, 2.24) is 0 Å². The Labute approximate surface area is 185 Å². The highest BCUT2D eigenvalue weighted by Gasteiger charge is 2.43. The Kier molecular flexibility index (Phi) is 8.76. The number of methoxy groups -OCH3 is 1. The van der Waals surface area contributed by atoms with Gasteiger partial charge in [0.15, 0.2) is 0 Å². The standard InChI is InChI=1S/C21H27N3O6S/c1-5-30-21(26)19-16(11-31-10-12(2)22)23-13(3)17(20(25)29-4)18(19)14-7-6-8-15(9-14)24(27)28/h6-9,12,17-18H,5,10-11,22H2,1-4H3. The molecule has 0 saturated heterocycles. The summed E-state index contributed by atoms with van der Waals surface area (Å²) in [6, 6.07) is 5.85. The minimum atomic E-state index is -0.909. The maximum Gasteiger partial charge on any atom is 0.336 e. The zero-order valence-electron chi connectivity index (χ0n) is 18.0. The number of carbonyl (C=O) groups excluding carboxylic acids is 2. The van der Waals surface area contributed by atoms with Crippen molar-refractivity contribution < 1.29 is 24.0 Å². The number of esters is 2. The normalized spacial score (nSPS) is 19.5. The molecule has 1 aromatic rings. The van der Waals surface area contributed by atoms with Crippen LogP contribution in [-0.2, 0) is 19.1 Å². The molecule has 0 fully saturated rings. The summed E-state index contributed by atoms with van der Waals surface area (Å²) < 4.78 is 10.3. The van der Waals surface area contributed by atoms with Crippen LogP contribution in [0, 0.1) is 16.0 Å². The van der Waals surface area contributed by atoms with Crippen LogP contribution >= 0.6 is 11.8 Å². The average molecular weight is 450 g/mol. The van der Waals surface area contributed by atoms with Crippen molar-refractivity contribution >= 4 is 35.1 Å². The van der Waals surface area contributed by atoms with Crippen molar-refractivity contribution in [1.29, 1.82) is 0 Å². The molecule has 1 aromatic carbocycles. The zero-order chi connectivity index (χ0) is 23.1. The topological polar surface area (TPSA) is 134 Å². The highest BCUT2D eigenvalue weighted by molar-refractivity contribution is 7.99. The molecule has 2 N–H and O–H groups in total. The number of nitrogens with zero attached hydrogens (tertiary/aromatic N) is 2. The van der Waals surface area contributed by atoms with Gasteiger partial charge >= 0.3 is 11.9 Å². The number of nitro benzene ring substituents is 1. The maximum atomic E-state index is 13.0. The summed E-state index contributed by atoms with van der Waals surface area (Å²) in [5, 5.41) is 11.3. The van der Waals surface area contributed by atoms with E-state index in [-0.39, 0.29) is 23.9 Å². The molecule has 1 aliphatic heterocycles. The minimum absolute atomic E-state index is 0.0410. The summed E-state index contributed by atoms with van der Waals surface area (Å²) >= 11 is 1.51. The number of hydrogen-bond donors (Lipinski definition) is 1. The SMILES string of the molecule is CCOC(=O)C1=C(CSCC(C)N)N=C(C)C(C(=O)OC)C1c1cccc([N+](=O)[O-])c1. The Balaban J connectivity index is 2.68. The quantitative estimate of drug-likeness (QED) is 0.345. The van der Waals surface area contributed by atoms with Crippen LogP contribution in [0.5, 0.6) is 0 Å². The highest BCUT2D eigenvalue weighted by Crippen LogP contribution is 2.41. The molecule has 2 rings (SSSR count). The lowest BCUT2D eigenvalue weighted by molar-refractivity contribution is -0.384. The van der Waals surface area contributed by atoms with Crippen LogP contribution in [0.25, 0.3) is 0 Å². The number of carbonyl (C=O) groups is 2. The van der Waals surface area contributed by atoms with Gasteiger partial charge in [-0.3, -0.25) is 19.9 Å². The number of aliphatic imine (C=N–C) groups is 1. The van der Waals surface area contributed by atoms with Gasteiger partial charge < -0.3 is 15.2 Å². The van der Waals surface area contributed by atoms with E-state index in [9.17, 15) is 19.7 Å². The summed E-state index contributed by atoms with van der Waals surface area (Å²) in [4.78, 5) is 41.0. The molecule has 3 unspecified atom stereocenters. The number of ether oxygens (including phenoxy) is 2. The Morgan fingerprint density at radius 2 is 2.10 bits per heavy atom. The fourth-order valence-corrected chi connectivity index (χ4v) is 4.36. The molecule has 9 nitrogen and oxygen atoms in total. The van der Waals surface area contributed by atoms with E-state index in [1.165, 1.54) is 37.1 Å². The Morgan fingerprint density at radius 1 is 1.39 bits per heavy atom. The van der Waals surface area contributed by atoms with E-state index in [4.69, 9.17) is 15.2 Å². The number of nitrogens with two attached hydrogens (primary N) is 1. The molecular formula is C21H27N3O6S. The van der Waals surface area contributed by atoms with Crippen molar-refractivity contribution in [2.24, 2.45) is 16.6 Å². The van der Waals surface area contributed by atoms with Gasteiger partial charge in [0.1, 0.15) is 5.92 Å². The molecule has 1 heterocycles. The first-order valence-corrected chi connectivity index (χ1v) is 11.0. The van der Waals surface area contributed by atoms with Crippen LogP contribution < -0.4 is 5.73 Å². The summed E-state index contributed by atoms with van der Waals surface area (Å²) in [7, 11) is 1.25. The van der Waals surface area contributed by atoms with Gasteiger partial charge in [-0.1, -0.05) is 12.1 Å². The van der Waals surface area contributed by atoms with Crippen molar-refractivity contribution in [3.63, 3.8) is 0 Å². The second kappa shape index (κ2) is 11.1. The van der Waals surface area contributed by atoms with Crippen molar-refractivity contribution in [3.8, 4) is 0 Å². The van der Waals surface area contributed by atoms with E-state index in [0.29, 0.717) is 28.5 Å². The Bertz CT molecular complexity index is 912. The van der Waals surface area contributed by atoms with E-state index < -0.39 is 28.7 Å². The van der Waals surface area contributed by atoms with E-state index in [1.807, 2.05) is 6.92 Å². The first kappa shape index (κ1) is 24.5. The number of nitro groups is 1. The van der Waals surface area contributed by atoms with Crippen LogP contribution in [0.4, 0.5) is 5.69 Å². The van der Waals surface area contributed by atoms with Gasteiger partial charge in [0.25, 0.3) is 5.69 Å². The first-order chi connectivity index (χ1) is 14.7. The third-order valence-corrected chi connectivity index (χ3v) is 5.97. The maximum absolute atomic E-state index is 13.0. The fraction of sp³-hybridized carbons (Fsp3) is 0.476. The molecule has 3 atom stereocenters. The van der Waals surface area contributed by atoms with Crippen molar-refractivity contribution in [2.45, 2.75) is 32.7 Å². The van der Waals surface area contributed by atoms with Crippen molar-refractivity contribution in [2.75, 3.05) is 25.2 Å². The highest BCUT2D eigenvalue weighted by atomic mass is 32.2. The van der Waals surface area contributed by atoms with Crippen LogP contribution in [0.15, 0.2) is 40.5 Å². The number of hydrogen-bond acceptors (Lipinski definition) is 9. The third kappa shape index (κ3) is 5.92. The largest absolute Gasteiger partial charge is 0.468 e. The number of non-ortho nitro benzene ring substituents is 1. The van der Waals surface area contributed by atoms with Gasteiger partial charge in [0.05, 0.1) is 29.9 Å². The molecule has 31 heavy (non-hydrogen) atoms. The van der Waals surface area contributed by atoms with Crippen LogP contribution in [-0.4, -0.2) is 53.8 Å². The second-order valence-electron chi connectivity index (χ2n) is 7.16. The summed E-state index contributed by atoms with van der Waals surface area (Å²) in [6.45, 7) is 5.38. The molecular weight excluding hydrogens is 422 g/mol. The molecule has 0 saturated carbocycles. The predicted octanol–water partition coefficient (Wildman–Crippen LogP) is 2.84. The summed E-state index contributed by atoms with van der Waals surface area (Å²) in [5.74, 6) is -1.90. The number of rotatable bonds is 9. The lowest BCUT2D eigenvalue weighted by Crippen LogP contribution is -2.36. The van der Waals surface area contributed by atoms with Gasteiger partial charge in [-0.15, -0.1) is 0 Å². The smallest absolute Gasteiger partial charge is 0.336 e. The van der Waals surface area contributed by atoms with Gasteiger partial charge in [0.2, 0.25) is 0 Å². The number of thioether (sulfide) groups is 1. The van der Waals surface area contributed by atoms with Crippen LogP contribution in [0.1, 0.15) is 32.3 Å². The van der Waals surface area contributed by atoms with Crippen LogP contribution in [0.3, 0.4) is 0 Å². The Hall–Kier alpha value is -2.72. The second-order valence-corrected chi connectivity index (χ2v) is 8.19. The summed E-state index contributed by atoms with van der Waals surface area (Å²) in [6.07, 6.45) is 0. The van der Waals surface area contributed by atoms with E-state index in [1.54, 1.807) is 19.9 Å². The molecule has 10 heteroatoms. The molecule has 0 aliphatic carbocycles. The minimum Gasteiger partial charge on any atom is -0.468 e. The van der Waals surface area contributed by atoms with Gasteiger partial charge in [-0.25, -0.2) is 4.79 Å². The van der Waals surface area contributed by atoms with E-state index >= 15 is 0 Å². The van der Waals surface area contributed by atoms with Gasteiger partial charge in [-0.2, -0.15) is 11.8 Å². The van der Waals surface area contributed by atoms with Gasteiger partial charge in [0, 0.05) is 41.3 Å². The molecule has 0 amide bonds. The summed E-state index contributed by atoms with van der Waals surface area (Å²) in [5.41, 5.74) is 7.28. The zero-order valence-corrected chi connectivity index (χ0v) is 18.8. The lowest BCUT2D eigenvalue weighted by Gasteiger charge is -2.32. The molecule has 0 spiro atoms. The average Bonchev–Trinajstić information content (AvgIpc) is 2.72. The number of benzene rings is 1. The molecule has 0 aromatic heterocycles. The fourth-order valence-electron chi connectivity index (χ4n) is 3.46.